The SMILES string of the molecule is FC(F)(F)c1ccc[c]c1-c1ccc(Cl)cc1Cl. The minimum absolute atomic E-state index is 0.0772. The molecule has 0 fully saturated rings. The number of alkyl halides is 3. The molecule has 0 saturated heterocycles. The summed E-state index contributed by atoms with van der Waals surface area (Å²) in [6.07, 6.45) is -4.45. The number of rotatable bonds is 1. The largest absolute Gasteiger partial charge is 0.417 e. The average Bonchev–Trinajstić information content (AvgIpc) is 2.28. The Hall–Kier alpha value is -1.19. The first-order chi connectivity index (χ1) is 8.39. The van der Waals surface area contributed by atoms with Crippen molar-refractivity contribution in [1.29, 1.82) is 0 Å². The molecule has 0 aliphatic heterocycles. The fraction of sp³-hybridized carbons (Fsp3) is 0.0769. The number of hydrogen-bond acceptors (Lipinski definition) is 0. The van der Waals surface area contributed by atoms with Crippen molar-refractivity contribution in [3.05, 3.63) is 58.1 Å². The quantitative estimate of drug-likeness (QED) is 0.652. The molecule has 2 aromatic carbocycles. The lowest BCUT2D eigenvalue weighted by molar-refractivity contribution is -0.137. The Kier molecular flexibility index (Phi) is 3.55. The smallest absolute Gasteiger partial charge is 0.166 e. The predicted molar refractivity (Wildman–Crippen MR) is 65.7 cm³/mol. The predicted octanol–water partition coefficient (Wildman–Crippen LogP) is 5.48. The van der Waals surface area contributed by atoms with Gasteiger partial charge in [-0.25, -0.2) is 0 Å². The maximum Gasteiger partial charge on any atom is 0.417 e. The molecule has 1 radical (unpaired) electrons. The van der Waals surface area contributed by atoms with Crippen LogP contribution in [0.15, 0.2) is 36.4 Å². The highest BCUT2D eigenvalue weighted by Gasteiger charge is 2.33. The summed E-state index contributed by atoms with van der Waals surface area (Å²) in [5.74, 6) is 0. The van der Waals surface area contributed by atoms with Gasteiger partial charge >= 0.3 is 6.18 Å². The molecule has 5 heteroatoms. The van der Waals surface area contributed by atoms with Crippen LogP contribution in [0.5, 0.6) is 0 Å². The molecule has 2 rings (SSSR count). The molecule has 0 unspecified atom stereocenters. The van der Waals surface area contributed by atoms with Gasteiger partial charge in [0.2, 0.25) is 0 Å². The molecule has 0 nitrogen and oxygen atoms in total. The molecule has 0 aliphatic rings. The van der Waals surface area contributed by atoms with E-state index in [4.69, 9.17) is 23.2 Å². The van der Waals surface area contributed by atoms with E-state index in [1.807, 2.05) is 0 Å². The van der Waals surface area contributed by atoms with Crippen molar-refractivity contribution in [2.24, 2.45) is 0 Å². The minimum Gasteiger partial charge on any atom is -0.166 e. The molecule has 0 atom stereocenters. The van der Waals surface area contributed by atoms with Crippen molar-refractivity contribution in [3.8, 4) is 11.1 Å². The van der Waals surface area contributed by atoms with E-state index in [0.717, 1.165) is 6.07 Å². The van der Waals surface area contributed by atoms with E-state index in [1.54, 1.807) is 0 Å². The molecule has 0 aromatic heterocycles. The zero-order chi connectivity index (χ0) is 13.3. The molecule has 18 heavy (non-hydrogen) atoms. The van der Waals surface area contributed by atoms with E-state index < -0.39 is 11.7 Å². The van der Waals surface area contributed by atoms with Gasteiger partial charge in [-0.1, -0.05) is 41.4 Å². The first-order valence-corrected chi connectivity index (χ1v) is 5.68. The summed E-state index contributed by atoms with van der Waals surface area (Å²) in [4.78, 5) is 0. The fourth-order valence-electron chi connectivity index (χ4n) is 1.59. The Morgan fingerprint density at radius 3 is 2.39 bits per heavy atom. The van der Waals surface area contributed by atoms with Crippen LogP contribution in [0, 0.1) is 6.07 Å². The third kappa shape index (κ3) is 2.62. The van der Waals surface area contributed by atoms with Crippen LogP contribution >= 0.6 is 23.2 Å². The maximum atomic E-state index is 12.9. The van der Waals surface area contributed by atoms with Gasteiger partial charge < -0.3 is 0 Å². The van der Waals surface area contributed by atoms with E-state index in [-0.39, 0.29) is 16.1 Å². The van der Waals surface area contributed by atoms with Gasteiger partial charge in [-0.15, -0.1) is 0 Å². The van der Waals surface area contributed by atoms with Gasteiger partial charge in [-0.05, 0) is 24.3 Å². The number of halogens is 5. The highest BCUT2D eigenvalue weighted by Crippen LogP contribution is 2.39. The van der Waals surface area contributed by atoms with Gasteiger partial charge in [-0.3, -0.25) is 0 Å². The number of benzene rings is 2. The van der Waals surface area contributed by atoms with Gasteiger partial charge in [0.15, 0.2) is 0 Å². The van der Waals surface area contributed by atoms with Gasteiger partial charge in [0.05, 0.1) is 5.56 Å². The highest BCUT2D eigenvalue weighted by atomic mass is 35.5. The molecule has 0 saturated carbocycles. The zero-order valence-corrected chi connectivity index (χ0v) is 10.4. The van der Waals surface area contributed by atoms with E-state index in [9.17, 15) is 13.2 Å². The second-order valence-corrected chi connectivity index (χ2v) is 4.42. The molecular formula is C13H6Cl2F3. The molecular weight excluding hydrogens is 284 g/mol. The van der Waals surface area contributed by atoms with Crippen molar-refractivity contribution in [3.63, 3.8) is 0 Å². The van der Waals surface area contributed by atoms with Crippen LogP contribution in [0.1, 0.15) is 5.56 Å². The topological polar surface area (TPSA) is 0 Å². The second kappa shape index (κ2) is 4.82. The van der Waals surface area contributed by atoms with Gasteiger partial charge in [0.25, 0.3) is 0 Å². The Labute approximate surface area is 112 Å². The average molecular weight is 290 g/mol. The first-order valence-electron chi connectivity index (χ1n) is 4.93. The zero-order valence-electron chi connectivity index (χ0n) is 8.85. The van der Waals surface area contributed by atoms with Gasteiger partial charge in [0, 0.05) is 21.2 Å². The summed E-state index contributed by atoms with van der Waals surface area (Å²) in [6.45, 7) is 0. The third-order valence-corrected chi connectivity index (χ3v) is 2.91. The molecule has 93 valence electrons. The first kappa shape index (κ1) is 13.2. The fourth-order valence-corrected chi connectivity index (χ4v) is 2.09. The summed E-state index contributed by atoms with van der Waals surface area (Å²) in [7, 11) is 0. The summed E-state index contributed by atoms with van der Waals surface area (Å²) in [5, 5.41) is 0.531. The molecule has 2 aromatic rings. The summed E-state index contributed by atoms with van der Waals surface area (Å²) in [6, 6.07) is 10.6. The lowest BCUT2D eigenvalue weighted by Crippen LogP contribution is -2.07. The van der Waals surface area contributed by atoms with Crippen molar-refractivity contribution in [1.82, 2.24) is 0 Å². The molecule has 0 spiro atoms. The van der Waals surface area contributed by atoms with E-state index >= 15 is 0 Å². The van der Waals surface area contributed by atoms with Crippen LogP contribution in [0.25, 0.3) is 11.1 Å². The summed E-state index contributed by atoms with van der Waals surface area (Å²) >= 11 is 11.6. The third-order valence-electron chi connectivity index (χ3n) is 2.36. The monoisotopic (exact) mass is 289 g/mol. The van der Waals surface area contributed by atoms with Crippen molar-refractivity contribution in [2.45, 2.75) is 6.18 Å². The van der Waals surface area contributed by atoms with Crippen LogP contribution < -0.4 is 0 Å². The minimum atomic E-state index is -4.45. The number of hydrogen-bond donors (Lipinski definition) is 0. The Morgan fingerprint density at radius 2 is 1.78 bits per heavy atom. The van der Waals surface area contributed by atoms with Crippen molar-refractivity contribution >= 4 is 23.2 Å². The Morgan fingerprint density at radius 1 is 1.06 bits per heavy atom. The maximum absolute atomic E-state index is 12.9. The van der Waals surface area contributed by atoms with Crippen molar-refractivity contribution in [2.75, 3.05) is 0 Å². The Balaban J connectivity index is 2.64. The summed E-state index contributed by atoms with van der Waals surface area (Å²) < 4.78 is 38.6. The Bertz CT molecular complexity index is 577. The molecule has 0 aliphatic carbocycles. The van der Waals surface area contributed by atoms with Crippen molar-refractivity contribution < 1.29 is 13.2 Å². The molecule has 0 bridgehead atoms. The lowest BCUT2D eigenvalue weighted by Gasteiger charge is -2.13. The van der Waals surface area contributed by atoms with Crippen LogP contribution in [-0.2, 0) is 6.18 Å². The highest BCUT2D eigenvalue weighted by molar-refractivity contribution is 6.36. The second-order valence-electron chi connectivity index (χ2n) is 3.58. The van der Waals surface area contributed by atoms with Gasteiger partial charge in [0.1, 0.15) is 0 Å². The van der Waals surface area contributed by atoms with Crippen LogP contribution in [0.3, 0.4) is 0 Å². The van der Waals surface area contributed by atoms with Crippen LogP contribution in [0.4, 0.5) is 13.2 Å². The molecule has 0 amide bonds. The van der Waals surface area contributed by atoms with Crippen LogP contribution in [0.2, 0.25) is 10.0 Å². The van der Waals surface area contributed by atoms with E-state index in [0.29, 0.717) is 5.02 Å². The van der Waals surface area contributed by atoms with Crippen LogP contribution in [-0.4, -0.2) is 0 Å². The normalized spacial score (nSPS) is 11.6. The van der Waals surface area contributed by atoms with E-state index in [2.05, 4.69) is 6.07 Å². The summed E-state index contributed by atoms with van der Waals surface area (Å²) in [5.41, 5.74) is -0.588. The molecule has 0 N–H and O–H groups in total. The molecule has 0 heterocycles. The lowest BCUT2D eigenvalue weighted by atomic mass is 9.99. The van der Waals surface area contributed by atoms with Gasteiger partial charge in [-0.2, -0.15) is 13.2 Å². The standard InChI is InChI=1S/C13H6Cl2F3/c14-8-5-6-10(12(15)7-8)9-3-1-2-4-11(9)13(16,17)18/h1-2,4-7H. The van der Waals surface area contributed by atoms with E-state index in [1.165, 1.54) is 30.3 Å².